The van der Waals surface area contributed by atoms with Gasteiger partial charge in [0.2, 0.25) is 5.91 Å². The molecular weight excluding hydrogens is 534 g/mol. The summed E-state index contributed by atoms with van der Waals surface area (Å²) in [5.41, 5.74) is 1.85. The molecular formula is C24H22BrN5O2S2. The van der Waals surface area contributed by atoms with E-state index in [0.717, 1.165) is 21.5 Å². The minimum Gasteiger partial charge on any atom is -0.483 e. The van der Waals surface area contributed by atoms with E-state index in [1.165, 1.54) is 23.1 Å². The van der Waals surface area contributed by atoms with Crippen LogP contribution in [0.2, 0.25) is 0 Å². The minimum atomic E-state index is -0.330. The highest BCUT2D eigenvalue weighted by molar-refractivity contribution is 9.10. The monoisotopic (exact) mass is 555 g/mol. The molecule has 174 valence electrons. The molecule has 4 rings (SSSR count). The minimum absolute atomic E-state index is 0.159. The lowest BCUT2D eigenvalue weighted by molar-refractivity contribution is -0.113. The van der Waals surface area contributed by atoms with Gasteiger partial charge in [-0.25, -0.2) is 4.98 Å². The van der Waals surface area contributed by atoms with Crippen LogP contribution in [0.4, 0.5) is 5.13 Å². The summed E-state index contributed by atoms with van der Waals surface area (Å²) in [7, 11) is 0. The van der Waals surface area contributed by atoms with Crippen LogP contribution in [0.3, 0.4) is 0 Å². The molecule has 0 aliphatic rings. The largest absolute Gasteiger partial charge is 0.483 e. The van der Waals surface area contributed by atoms with Crippen LogP contribution < -0.4 is 10.1 Å². The van der Waals surface area contributed by atoms with Crippen LogP contribution in [0.5, 0.6) is 5.75 Å². The van der Waals surface area contributed by atoms with Gasteiger partial charge in [-0.3, -0.25) is 9.36 Å². The van der Waals surface area contributed by atoms with Gasteiger partial charge in [0.25, 0.3) is 0 Å². The highest BCUT2D eigenvalue weighted by atomic mass is 79.9. The summed E-state index contributed by atoms with van der Waals surface area (Å²) in [5, 5.41) is 14.6. The van der Waals surface area contributed by atoms with E-state index >= 15 is 0 Å². The van der Waals surface area contributed by atoms with E-state index in [1.807, 2.05) is 71.5 Å². The zero-order valence-electron chi connectivity index (χ0n) is 18.3. The zero-order valence-corrected chi connectivity index (χ0v) is 21.6. The second kappa shape index (κ2) is 11.5. The van der Waals surface area contributed by atoms with Crippen molar-refractivity contribution in [3.8, 4) is 17.0 Å². The first-order valence-corrected chi connectivity index (χ1v) is 13.1. The molecule has 0 aliphatic heterocycles. The molecule has 0 spiro atoms. The van der Waals surface area contributed by atoms with Gasteiger partial charge in [-0.2, -0.15) is 0 Å². The van der Waals surface area contributed by atoms with Crippen molar-refractivity contribution in [3.63, 3.8) is 0 Å². The van der Waals surface area contributed by atoms with Crippen LogP contribution in [0.15, 0.2) is 82.3 Å². The third-order valence-corrected chi connectivity index (χ3v) is 6.95. The number of thioether (sulfide) groups is 1. The zero-order chi connectivity index (χ0) is 23.9. The van der Waals surface area contributed by atoms with Gasteiger partial charge in [-0.1, -0.05) is 64.1 Å². The number of thiazole rings is 1. The van der Waals surface area contributed by atoms with Gasteiger partial charge < -0.3 is 10.1 Å². The van der Waals surface area contributed by atoms with Crippen LogP contribution in [0.1, 0.15) is 18.9 Å². The second-order valence-corrected chi connectivity index (χ2v) is 9.91. The average Bonchev–Trinajstić information content (AvgIpc) is 3.47. The molecule has 0 fully saturated rings. The molecule has 1 atom stereocenters. The lowest BCUT2D eigenvalue weighted by atomic mass is 10.2. The van der Waals surface area contributed by atoms with Gasteiger partial charge >= 0.3 is 0 Å². The molecule has 0 radical (unpaired) electrons. The molecule has 34 heavy (non-hydrogen) atoms. The summed E-state index contributed by atoms with van der Waals surface area (Å²) >= 11 is 6.13. The number of allylic oxidation sites excluding steroid dienone is 1. The summed E-state index contributed by atoms with van der Waals surface area (Å²) in [6.45, 7) is 6.25. The molecule has 0 saturated heterocycles. The van der Waals surface area contributed by atoms with Gasteiger partial charge in [0, 0.05) is 22.0 Å². The van der Waals surface area contributed by atoms with Gasteiger partial charge in [0.1, 0.15) is 5.75 Å². The van der Waals surface area contributed by atoms with Gasteiger partial charge in [-0.15, -0.1) is 28.1 Å². The number of amides is 1. The highest BCUT2D eigenvalue weighted by Crippen LogP contribution is 2.27. The van der Waals surface area contributed by atoms with Crippen LogP contribution in [-0.2, 0) is 11.3 Å². The number of ether oxygens (including phenoxy) is 1. The molecule has 4 aromatic rings. The number of halogens is 1. The van der Waals surface area contributed by atoms with Crippen molar-refractivity contribution in [2.45, 2.75) is 24.7 Å². The Bertz CT molecular complexity index is 1260. The third-order valence-electron chi connectivity index (χ3n) is 4.70. The number of rotatable bonds is 10. The number of hydrogen-bond donors (Lipinski definition) is 1. The van der Waals surface area contributed by atoms with E-state index < -0.39 is 0 Å². The Morgan fingerprint density at radius 2 is 2.00 bits per heavy atom. The molecule has 1 unspecified atom stereocenters. The molecule has 0 bridgehead atoms. The maximum absolute atomic E-state index is 12.5. The highest BCUT2D eigenvalue weighted by Gasteiger charge is 2.20. The smallest absolute Gasteiger partial charge is 0.236 e. The SMILES string of the molecule is C=CCn1c(SCC(=O)Nc2nc(-c3ccccc3)cs2)nnc1C(C)Oc1ccc(Br)cc1. The predicted octanol–water partition coefficient (Wildman–Crippen LogP) is 6.22. The van der Waals surface area contributed by atoms with E-state index in [-0.39, 0.29) is 17.8 Å². The number of benzene rings is 2. The molecule has 0 aliphatic carbocycles. The van der Waals surface area contributed by atoms with Gasteiger partial charge in [0.05, 0.1) is 11.4 Å². The topological polar surface area (TPSA) is 81.9 Å². The first-order valence-electron chi connectivity index (χ1n) is 10.4. The quantitative estimate of drug-likeness (QED) is 0.185. The normalized spacial score (nSPS) is 11.7. The summed E-state index contributed by atoms with van der Waals surface area (Å²) in [4.78, 5) is 17.0. The average molecular weight is 557 g/mol. The first-order chi connectivity index (χ1) is 16.5. The lowest BCUT2D eigenvalue weighted by Gasteiger charge is -2.15. The third kappa shape index (κ3) is 6.13. The standard InChI is InChI=1S/C24H22BrN5O2S2/c1-3-13-30-22(16(2)32-19-11-9-18(25)10-12-19)28-29-24(30)34-15-21(31)27-23-26-20(14-33-23)17-7-5-4-6-8-17/h3-12,14,16H,1,13,15H2,2H3,(H,26,27,31). The Balaban J connectivity index is 1.38. The van der Waals surface area contributed by atoms with Crippen molar-refractivity contribution in [3.05, 3.63) is 82.9 Å². The number of hydrogen-bond acceptors (Lipinski definition) is 7. The van der Waals surface area contributed by atoms with Crippen molar-refractivity contribution in [1.82, 2.24) is 19.7 Å². The molecule has 2 aromatic carbocycles. The molecule has 2 aromatic heterocycles. The Morgan fingerprint density at radius 1 is 1.24 bits per heavy atom. The maximum atomic E-state index is 12.5. The molecule has 2 heterocycles. The molecule has 10 heteroatoms. The molecule has 7 nitrogen and oxygen atoms in total. The fourth-order valence-electron chi connectivity index (χ4n) is 3.14. The Labute approximate surface area is 214 Å². The molecule has 0 saturated carbocycles. The van der Waals surface area contributed by atoms with Crippen molar-refractivity contribution in [1.29, 1.82) is 0 Å². The van der Waals surface area contributed by atoms with E-state index in [1.54, 1.807) is 6.08 Å². The fourth-order valence-corrected chi connectivity index (χ4v) is 4.89. The Hall–Kier alpha value is -2.95. The van der Waals surface area contributed by atoms with E-state index in [9.17, 15) is 4.79 Å². The lowest BCUT2D eigenvalue weighted by Crippen LogP contribution is -2.15. The summed E-state index contributed by atoms with van der Waals surface area (Å²) in [5.74, 6) is 1.42. The van der Waals surface area contributed by atoms with E-state index in [0.29, 0.717) is 22.7 Å². The number of nitrogens with zero attached hydrogens (tertiary/aromatic N) is 4. The number of nitrogens with one attached hydrogen (secondary N) is 1. The van der Waals surface area contributed by atoms with E-state index in [4.69, 9.17) is 4.74 Å². The summed E-state index contributed by atoms with van der Waals surface area (Å²) in [6, 6.07) is 17.5. The van der Waals surface area contributed by atoms with E-state index in [2.05, 4.69) is 43.0 Å². The van der Waals surface area contributed by atoms with Crippen molar-refractivity contribution in [2.75, 3.05) is 11.1 Å². The Morgan fingerprint density at radius 3 is 2.74 bits per heavy atom. The fraction of sp³-hybridized carbons (Fsp3) is 0.167. The van der Waals surface area contributed by atoms with Crippen LogP contribution in [0.25, 0.3) is 11.3 Å². The maximum Gasteiger partial charge on any atom is 0.236 e. The molecule has 1 amide bonds. The van der Waals surface area contributed by atoms with Crippen LogP contribution >= 0.6 is 39.0 Å². The molecule has 1 N–H and O–H groups in total. The first kappa shape index (κ1) is 24.2. The summed E-state index contributed by atoms with van der Waals surface area (Å²) in [6.07, 6.45) is 1.44. The second-order valence-electron chi connectivity index (χ2n) is 7.19. The number of carbonyl (C=O) groups excluding carboxylic acids is 1. The van der Waals surface area contributed by atoms with Crippen molar-refractivity contribution < 1.29 is 9.53 Å². The Kier molecular flexibility index (Phi) is 8.15. The van der Waals surface area contributed by atoms with Crippen molar-refractivity contribution in [2.24, 2.45) is 0 Å². The van der Waals surface area contributed by atoms with Gasteiger partial charge in [-0.05, 0) is 31.2 Å². The van der Waals surface area contributed by atoms with Crippen LogP contribution in [-0.4, -0.2) is 31.4 Å². The van der Waals surface area contributed by atoms with Crippen molar-refractivity contribution >= 4 is 50.1 Å². The van der Waals surface area contributed by atoms with Gasteiger partial charge in [0.15, 0.2) is 22.2 Å². The number of aromatic nitrogens is 4. The predicted molar refractivity (Wildman–Crippen MR) is 140 cm³/mol. The number of anilines is 1. The summed E-state index contributed by atoms with van der Waals surface area (Å²) < 4.78 is 8.91. The number of carbonyl (C=O) groups is 1. The van der Waals surface area contributed by atoms with Crippen LogP contribution in [0, 0.1) is 0 Å².